The molecule has 0 fully saturated rings. The van der Waals surface area contributed by atoms with Crippen LogP contribution in [0.15, 0.2) is 17.8 Å². The van der Waals surface area contributed by atoms with Crippen LogP contribution >= 0.6 is 22.9 Å². The zero-order chi connectivity index (χ0) is 11.4. The van der Waals surface area contributed by atoms with Gasteiger partial charge in [-0.25, -0.2) is 9.97 Å². The fourth-order valence-electron chi connectivity index (χ4n) is 1.58. The number of anilines is 1. The number of hydrogen-bond donors (Lipinski definition) is 1. The van der Waals surface area contributed by atoms with E-state index in [1.54, 1.807) is 17.7 Å². The Balaban J connectivity index is 2.11. The van der Waals surface area contributed by atoms with Gasteiger partial charge in [-0.3, -0.25) is 0 Å². The zero-order valence-corrected chi connectivity index (χ0v) is 10.7. The molecule has 1 unspecified atom stereocenters. The second-order valence-corrected chi connectivity index (χ2v) is 5.03. The highest BCUT2D eigenvalue weighted by Gasteiger charge is 2.07. The van der Waals surface area contributed by atoms with E-state index in [4.69, 9.17) is 11.6 Å². The molecular weight excluding hydrogens is 242 g/mol. The third-order valence-corrected chi connectivity index (χ3v) is 3.57. The van der Waals surface area contributed by atoms with Crippen LogP contribution < -0.4 is 5.32 Å². The number of halogens is 1. The van der Waals surface area contributed by atoms with E-state index in [1.165, 1.54) is 0 Å². The maximum Gasteiger partial charge on any atom is 0.147 e. The average Bonchev–Trinajstić information content (AvgIpc) is 2.75. The monoisotopic (exact) mass is 255 g/mol. The Morgan fingerprint density at radius 2 is 2.38 bits per heavy atom. The molecule has 2 aromatic rings. The molecule has 2 aromatic heterocycles. The van der Waals surface area contributed by atoms with Gasteiger partial charge in [-0.2, -0.15) is 0 Å². The Morgan fingerprint density at radius 1 is 1.50 bits per heavy atom. The Bertz CT molecular complexity index is 457. The summed E-state index contributed by atoms with van der Waals surface area (Å²) in [6.07, 6.45) is 3.68. The van der Waals surface area contributed by atoms with Crippen molar-refractivity contribution in [2.45, 2.75) is 25.8 Å². The van der Waals surface area contributed by atoms with E-state index in [-0.39, 0.29) is 0 Å². The third-order valence-electron chi connectivity index (χ3n) is 2.40. The molecule has 0 bridgehead atoms. The van der Waals surface area contributed by atoms with Crippen LogP contribution in [0.2, 0.25) is 0 Å². The maximum atomic E-state index is 5.67. The van der Waals surface area contributed by atoms with Gasteiger partial charge in [0.05, 0.1) is 10.2 Å². The van der Waals surface area contributed by atoms with Crippen LogP contribution in [0.25, 0.3) is 10.2 Å². The summed E-state index contributed by atoms with van der Waals surface area (Å²) in [4.78, 5) is 8.49. The largest absolute Gasteiger partial charge is 0.366 e. The molecule has 0 saturated carbocycles. The molecule has 0 aliphatic carbocycles. The van der Waals surface area contributed by atoms with Gasteiger partial charge in [0.2, 0.25) is 0 Å². The summed E-state index contributed by atoms with van der Waals surface area (Å²) in [5, 5.41) is 5.44. The molecule has 0 aromatic carbocycles. The molecule has 2 rings (SSSR count). The molecular formula is C11H14ClN3S. The van der Waals surface area contributed by atoms with Gasteiger partial charge in [-0.15, -0.1) is 22.9 Å². The summed E-state index contributed by atoms with van der Waals surface area (Å²) in [6, 6.07) is 2.40. The van der Waals surface area contributed by atoms with E-state index in [0.717, 1.165) is 28.9 Å². The Hall–Kier alpha value is -0.870. The smallest absolute Gasteiger partial charge is 0.147 e. The minimum Gasteiger partial charge on any atom is -0.366 e. The first kappa shape index (κ1) is 11.6. The summed E-state index contributed by atoms with van der Waals surface area (Å²) in [6.45, 7) is 2.15. The summed E-state index contributed by atoms with van der Waals surface area (Å²) in [7, 11) is 0. The van der Waals surface area contributed by atoms with E-state index >= 15 is 0 Å². The topological polar surface area (TPSA) is 37.8 Å². The highest BCUT2D eigenvalue weighted by atomic mass is 35.5. The molecule has 1 atom stereocenters. The van der Waals surface area contributed by atoms with Crippen molar-refractivity contribution in [3.8, 4) is 0 Å². The van der Waals surface area contributed by atoms with Gasteiger partial charge in [0.15, 0.2) is 0 Å². The minimum atomic E-state index is 0.388. The van der Waals surface area contributed by atoms with Crippen molar-refractivity contribution in [1.29, 1.82) is 0 Å². The van der Waals surface area contributed by atoms with Gasteiger partial charge in [0.25, 0.3) is 0 Å². The number of nitrogens with zero attached hydrogens (tertiary/aromatic N) is 2. The number of thiophene rings is 1. The molecule has 86 valence electrons. The van der Waals surface area contributed by atoms with Gasteiger partial charge >= 0.3 is 0 Å². The maximum absolute atomic E-state index is 5.67. The van der Waals surface area contributed by atoms with Crippen molar-refractivity contribution in [2.24, 2.45) is 0 Å². The van der Waals surface area contributed by atoms with E-state index < -0.39 is 0 Å². The van der Waals surface area contributed by atoms with Crippen LogP contribution in [0.5, 0.6) is 0 Å². The molecule has 0 aliphatic heterocycles. The molecule has 2 heterocycles. The van der Waals surface area contributed by atoms with Crippen LogP contribution in [0.3, 0.4) is 0 Å². The van der Waals surface area contributed by atoms with E-state index in [9.17, 15) is 0 Å². The Morgan fingerprint density at radius 3 is 3.19 bits per heavy atom. The molecule has 5 heteroatoms. The first-order valence-electron chi connectivity index (χ1n) is 5.32. The van der Waals surface area contributed by atoms with Gasteiger partial charge in [0.1, 0.15) is 12.1 Å². The predicted octanol–water partition coefficient (Wildman–Crippen LogP) is 3.51. The van der Waals surface area contributed by atoms with E-state index in [2.05, 4.69) is 22.2 Å². The van der Waals surface area contributed by atoms with Crippen LogP contribution in [0, 0.1) is 0 Å². The molecule has 3 nitrogen and oxygen atoms in total. The Labute approximate surface area is 104 Å². The molecule has 0 amide bonds. The fraction of sp³-hybridized carbons (Fsp3) is 0.455. The van der Waals surface area contributed by atoms with Gasteiger partial charge in [-0.1, -0.05) is 0 Å². The second-order valence-electron chi connectivity index (χ2n) is 3.73. The summed E-state index contributed by atoms with van der Waals surface area (Å²) >= 11 is 7.34. The van der Waals surface area contributed by atoms with E-state index in [1.807, 2.05) is 11.4 Å². The molecule has 1 N–H and O–H groups in total. The van der Waals surface area contributed by atoms with Crippen molar-refractivity contribution in [1.82, 2.24) is 9.97 Å². The minimum absolute atomic E-state index is 0.388. The molecule has 0 aliphatic rings. The number of rotatable bonds is 5. The summed E-state index contributed by atoms with van der Waals surface area (Å²) in [5.74, 6) is 1.64. The third kappa shape index (κ3) is 2.62. The highest BCUT2D eigenvalue weighted by Crippen LogP contribution is 2.25. The lowest BCUT2D eigenvalue weighted by Crippen LogP contribution is -2.16. The van der Waals surface area contributed by atoms with Crippen LogP contribution in [-0.2, 0) is 0 Å². The second kappa shape index (κ2) is 5.46. The first-order valence-corrected chi connectivity index (χ1v) is 6.73. The standard InChI is InChI=1S/C11H14ClN3S/c1-8(3-2-5-12)15-11-10-9(4-6-16-10)13-7-14-11/h4,6-8H,2-3,5H2,1H3,(H,13,14,15). The SMILES string of the molecule is CC(CCCCl)Nc1ncnc2ccsc12. The molecule has 0 spiro atoms. The molecule has 16 heavy (non-hydrogen) atoms. The number of aromatic nitrogens is 2. The van der Waals surface area contributed by atoms with Crippen molar-refractivity contribution in [3.05, 3.63) is 17.8 Å². The number of hydrogen-bond acceptors (Lipinski definition) is 4. The first-order chi connectivity index (χ1) is 7.81. The fourth-order valence-corrected chi connectivity index (χ4v) is 2.53. The van der Waals surface area contributed by atoms with Crippen molar-refractivity contribution in [2.75, 3.05) is 11.2 Å². The predicted molar refractivity (Wildman–Crippen MR) is 70.5 cm³/mol. The van der Waals surface area contributed by atoms with Crippen LogP contribution in [0.1, 0.15) is 19.8 Å². The summed E-state index contributed by atoms with van der Waals surface area (Å²) < 4.78 is 1.13. The van der Waals surface area contributed by atoms with Gasteiger partial charge in [-0.05, 0) is 31.2 Å². The average molecular weight is 256 g/mol. The lowest BCUT2D eigenvalue weighted by Gasteiger charge is -2.13. The summed E-state index contributed by atoms with van der Waals surface area (Å²) in [5.41, 5.74) is 1.01. The van der Waals surface area contributed by atoms with Gasteiger partial charge < -0.3 is 5.32 Å². The van der Waals surface area contributed by atoms with Crippen molar-refractivity contribution < 1.29 is 0 Å². The normalized spacial score (nSPS) is 12.9. The zero-order valence-electron chi connectivity index (χ0n) is 9.11. The number of fused-ring (bicyclic) bond motifs is 1. The van der Waals surface area contributed by atoms with Gasteiger partial charge in [0, 0.05) is 11.9 Å². The molecule has 0 saturated heterocycles. The number of nitrogens with one attached hydrogen (secondary N) is 1. The van der Waals surface area contributed by atoms with E-state index in [0.29, 0.717) is 11.9 Å². The Kier molecular flexibility index (Phi) is 3.96. The number of alkyl halides is 1. The van der Waals surface area contributed by atoms with Crippen molar-refractivity contribution in [3.63, 3.8) is 0 Å². The quantitative estimate of drug-likeness (QED) is 0.831. The van der Waals surface area contributed by atoms with Crippen molar-refractivity contribution >= 4 is 39.0 Å². The molecule has 0 radical (unpaired) electrons. The lowest BCUT2D eigenvalue weighted by atomic mass is 10.2. The van der Waals surface area contributed by atoms with Crippen LogP contribution in [0.4, 0.5) is 5.82 Å². The highest BCUT2D eigenvalue weighted by molar-refractivity contribution is 7.17. The van der Waals surface area contributed by atoms with Crippen LogP contribution in [-0.4, -0.2) is 21.9 Å². The lowest BCUT2D eigenvalue weighted by molar-refractivity contribution is 0.691.